The number of benzene rings is 19. The van der Waals surface area contributed by atoms with Crippen molar-refractivity contribution >= 4 is 118 Å². The van der Waals surface area contributed by atoms with Crippen molar-refractivity contribution in [1.29, 1.82) is 0 Å². The molecule has 1 aliphatic rings. The quantitative estimate of drug-likeness (QED) is 0.0578. The first-order chi connectivity index (χ1) is 72.1. The van der Waals surface area contributed by atoms with Crippen molar-refractivity contribution in [3.05, 3.63) is 483 Å². The number of aromatic nitrogens is 5. The van der Waals surface area contributed by atoms with Crippen molar-refractivity contribution in [3.63, 3.8) is 0 Å². The summed E-state index contributed by atoms with van der Waals surface area (Å²) >= 11 is 3.78. The third-order valence-electron chi connectivity index (χ3n) is 27.1. The van der Waals surface area contributed by atoms with Crippen LogP contribution in [0.5, 0.6) is 11.5 Å². The van der Waals surface area contributed by atoms with E-state index in [0.717, 1.165) is 45.0 Å². The summed E-state index contributed by atoms with van der Waals surface area (Å²) < 4.78 is 56.0. The minimum Gasteiger partial charge on any atom is -0.503 e. The van der Waals surface area contributed by atoms with E-state index in [2.05, 4.69) is 379 Å². The van der Waals surface area contributed by atoms with E-state index in [1.54, 1.807) is 19.1 Å². The number of ether oxygens (including phenoxy) is 1. The molecule has 0 fully saturated rings. The van der Waals surface area contributed by atoms with Crippen LogP contribution in [0.3, 0.4) is 0 Å². The minimum atomic E-state index is -2.19. The number of rotatable bonds is 15. The molecular weight excluding hydrogens is 1950 g/mol. The summed E-state index contributed by atoms with van der Waals surface area (Å²) in [5, 5.41) is 13.0. The molecule has 0 saturated carbocycles. The Morgan fingerprint density at radius 3 is 1.25 bits per heavy atom. The van der Waals surface area contributed by atoms with Crippen LogP contribution in [0.4, 0.5) is 0 Å². The van der Waals surface area contributed by atoms with Crippen molar-refractivity contribution in [1.82, 2.24) is 24.9 Å². The number of hydrogen-bond donors (Lipinski definition) is 0. The molecule has 0 bridgehead atoms. The Morgan fingerprint density at radius 1 is 0.315 bits per heavy atom. The third kappa shape index (κ3) is 18.9. The van der Waals surface area contributed by atoms with Gasteiger partial charge in [-0.25, -0.2) is 15.0 Å². The SMILES string of the molecule is CC(C)c1cc(C(C)C)c(B2c3ccccc3Oc3c(-c4ccccn4)[c-]ccc32)c(C(C)C)c1.[2H]C([2H])([2H])c1c[c-]c(-c2cc(C)c(C([2H])([2H])[2H])cn2)cc1.[Ir].c1ccc(-c2ccc(-c3cccc4c3sc3c(-c5cccc(-c6nc(-c7ccccc7)nc(-c7ccccc7)n6)c5)cccc34)cc2)cc1.c1ccc(-c2cccc3c2sc2c(-c4cccc(-c5ccc6c7ccccc7c7ccccc7c6c5)c4)cccc23)cc1. The Morgan fingerprint density at radius 2 is 0.741 bits per heavy atom. The van der Waals surface area contributed by atoms with Crippen molar-refractivity contribution in [2.24, 2.45) is 0 Å². The maximum atomic E-state index is 7.41. The second kappa shape index (κ2) is 41.2. The van der Waals surface area contributed by atoms with Crippen LogP contribution in [0.2, 0.25) is 0 Å². The second-order valence-corrected chi connectivity index (χ2v) is 39.2. The second-order valence-electron chi connectivity index (χ2n) is 37.2. The maximum absolute atomic E-state index is 7.41. The van der Waals surface area contributed by atoms with Gasteiger partial charge in [-0.15, -0.1) is 81.7 Å². The molecule has 691 valence electrons. The normalized spacial score (nSPS) is 12.4. The summed E-state index contributed by atoms with van der Waals surface area (Å²) in [6, 6.07) is 156. The molecule has 1 aliphatic heterocycles. The predicted molar refractivity (Wildman–Crippen MR) is 605 cm³/mol. The first kappa shape index (κ1) is 86.3. The molecule has 25 rings (SSSR count). The van der Waals surface area contributed by atoms with E-state index in [-0.39, 0.29) is 37.9 Å². The monoisotopic (exact) mass is 2060 g/mol. The number of nitrogens with zero attached hydrogens (tertiary/aromatic N) is 5. The summed E-state index contributed by atoms with van der Waals surface area (Å²) in [5.41, 5.74) is 29.8. The van der Waals surface area contributed by atoms with Gasteiger partial charge in [-0.3, -0.25) is 0 Å². The smallest absolute Gasteiger partial charge is 0.232 e. The van der Waals surface area contributed by atoms with E-state index in [1.165, 1.54) is 185 Å². The molecule has 10 heteroatoms. The van der Waals surface area contributed by atoms with Crippen molar-refractivity contribution in [2.45, 2.75) is 79.9 Å². The number of hydrogen-bond acceptors (Lipinski definition) is 8. The van der Waals surface area contributed by atoms with E-state index >= 15 is 0 Å². The van der Waals surface area contributed by atoms with Crippen LogP contribution in [0.15, 0.2) is 437 Å². The van der Waals surface area contributed by atoms with Gasteiger partial charge < -0.3 is 14.7 Å². The van der Waals surface area contributed by atoms with Gasteiger partial charge in [0.15, 0.2) is 17.5 Å². The van der Waals surface area contributed by atoms with Gasteiger partial charge in [0.2, 0.25) is 6.71 Å². The van der Waals surface area contributed by atoms with E-state index in [0.29, 0.717) is 52.0 Å². The summed E-state index contributed by atoms with van der Waals surface area (Å²) in [6.45, 7) is 11.3. The molecule has 19 aromatic carbocycles. The molecule has 0 saturated heterocycles. The number of pyridine rings is 2. The molecule has 24 aromatic rings. The number of aryl methyl sites for hydroxylation is 3. The van der Waals surface area contributed by atoms with Gasteiger partial charge in [-0.2, -0.15) is 0 Å². The molecule has 143 heavy (non-hydrogen) atoms. The predicted octanol–water partition coefficient (Wildman–Crippen LogP) is 34.8. The van der Waals surface area contributed by atoms with Crippen LogP contribution in [0.1, 0.15) is 101 Å². The standard InChI is InChI=1S/C45H29N3S.C42H26S.C32H33BNO.C14H14N.Ir/c1-4-13-30(14-5-1)31-25-27-32(28-26-31)37-21-11-23-39-40-24-12-22-38(42(40)49-41(37)39)35-19-10-20-36(29-35)45-47-43(33-15-6-2-7-16-33)46-44(48-45)34-17-8-3-9-18-34;1-2-11-27(12-3-1)31-19-9-21-38-39-22-10-20-32(42(39)43-41(31)38)30-14-8-13-28(25-30)29-23-24-37-35-17-5-4-15-33(35)34-16-6-7-18-36(34)40(37)26-29;1-20(2)23-18-25(21(3)4)31(26(19-23)22(5)6)33-27-13-7-8-16-30(27)35-32-24(12-11-14-28(32)33)29-15-9-10-17-34-29;1-10-4-6-13(7-5-10)14-8-11(2)12(3)9-15-14;/h1-29H;1-26H;7-11,13-22H,1-6H3;4-6,8-9H,1-3H3;/q;;2*-1;/i;;;1D3,3D3;. The van der Waals surface area contributed by atoms with Crippen LogP contribution in [-0.2, 0) is 20.1 Å². The van der Waals surface area contributed by atoms with Gasteiger partial charge in [0.25, 0.3) is 0 Å². The zero-order valence-electron chi connectivity index (χ0n) is 86.2. The van der Waals surface area contributed by atoms with Crippen molar-refractivity contribution in [2.75, 3.05) is 0 Å². The maximum Gasteiger partial charge on any atom is 0.232 e. The van der Waals surface area contributed by atoms with Crippen molar-refractivity contribution in [3.8, 4) is 135 Å². The van der Waals surface area contributed by atoms with Crippen LogP contribution in [0, 0.1) is 32.8 Å². The molecule has 0 N–H and O–H groups in total. The Bertz CT molecular complexity index is 8960. The molecule has 0 amide bonds. The fourth-order valence-corrected chi connectivity index (χ4v) is 22.7. The molecule has 0 aliphatic carbocycles. The van der Waals surface area contributed by atoms with Crippen LogP contribution in [-0.4, -0.2) is 31.6 Å². The van der Waals surface area contributed by atoms with E-state index in [9.17, 15) is 0 Å². The van der Waals surface area contributed by atoms with E-state index in [4.69, 9.17) is 27.9 Å². The molecule has 1 radical (unpaired) electrons. The van der Waals surface area contributed by atoms with Crippen molar-refractivity contribution < 1.29 is 33.1 Å². The summed E-state index contributed by atoms with van der Waals surface area (Å²) in [5.74, 6) is 5.05. The van der Waals surface area contributed by atoms with Gasteiger partial charge in [0, 0.05) is 104 Å². The average Bonchev–Trinajstić information content (AvgIpc) is 1.72. The molecular formula is C133H102BIrN5OS2-2. The first-order valence-corrected chi connectivity index (χ1v) is 50.1. The van der Waals surface area contributed by atoms with E-state index in [1.807, 2.05) is 114 Å². The van der Waals surface area contributed by atoms with Gasteiger partial charge in [-0.05, 0) is 200 Å². The Kier molecular flexibility index (Phi) is 24.9. The van der Waals surface area contributed by atoms with Crippen LogP contribution >= 0.6 is 22.7 Å². The topological polar surface area (TPSA) is 73.7 Å². The summed E-state index contributed by atoms with van der Waals surface area (Å²) in [4.78, 5) is 23.6. The van der Waals surface area contributed by atoms with Gasteiger partial charge in [0.05, 0.1) is 0 Å². The number of para-hydroxylation sites is 1. The number of fused-ring (bicyclic) bond motifs is 14. The summed E-state index contributed by atoms with van der Waals surface area (Å²) in [7, 11) is 0. The van der Waals surface area contributed by atoms with Gasteiger partial charge in [0.1, 0.15) is 5.75 Å². The summed E-state index contributed by atoms with van der Waals surface area (Å²) in [6.07, 6.45) is 3.17. The van der Waals surface area contributed by atoms with Crippen LogP contribution < -0.4 is 21.1 Å². The molecule has 6 nitrogen and oxygen atoms in total. The fraction of sp³-hybridized carbons (Fsp3) is 0.0902. The first-order valence-electron chi connectivity index (χ1n) is 51.5. The van der Waals surface area contributed by atoms with Gasteiger partial charge >= 0.3 is 0 Å². The largest absolute Gasteiger partial charge is 0.503 e. The Balaban J connectivity index is 0.000000120. The Hall–Kier alpha value is -15.8. The zero-order valence-corrected chi connectivity index (χ0v) is 84.2. The molecule has 5 aromatic heterocycles. The Labute approximate surface area is 867 Å². The molecule has 0 atom stereocenters. The fourth-order valence-electron chi connectivity index (χ4n) is 19.9. The molecule has 0 unspecified atom stereocenters. The zero-order chi connectivity index (χ0) is 101. The third-order valence-corrected chi connectivity index (χ3v) is 29.7. The average molecular weight is 2060 g/mol. The number of thiophene rings is 2. The van der Waals surface area contributed by atoms with Gasteiger partial charge in [-0.1, -0.05) is 429 Å². The molecule has 0 spiro atoms. The van der Waals surface area contributed by atoms with Crippen LogP contribution in [0.25, 0.3) is 196 Å². The minimum absolute atomic E-state index is 0. The van der Waals surface area contributed by atoms with E-state index < -0.39 is 13.7 Å². The molecule has 6 heterocycles.